The molecule has 0 atom stereocenters. The molecule has 0 bridgehead atoms. The normalized spacial score (nSPS) is 11.6. The molecule has 98 valence electrons. The minimum Gasteiger partial charge on any atom is -0.487 e. The number of pyridine rings is 1. The third-order valence-electron chi connectivity index (χ3n) is 2.79. The van der Waals surface area contributed by atoms with Crippen LogP contribution in [0.5, 0.6) is 5.75 Å². The summed E-state index contributed by atoms with van der Waals surface area (Å²) in [6.45, 7) is 3.68. The molecular formula is C15H15NO3. The molecule has 0 saturated heterocycles. The maximum Gasteiger partial charge on any atom is 0.331 e. The number of carboxylic acid groups (broad SMARTS) is 1. The van der Waals surface area contributed by atoms with E-state index in [2.05, 4.69) is 4.98 Å². The highest BCUT2D eigenvalue weighted by Gasteiger charge is 2.04. The molecular weight excluding hydrogens is 242 g/mol. The molecule has 0 aliphatic rings. The van der Waals surface area contributed by atoms with Crippen molar-refractivity contribution in [1.29, 1.82) is 0 Å². The van der Waals surface area contributed by atoms with Gasteiger partial charge in [0.1, 0.15) is 17.9 Å². The lowest BCUT2D eigenvalue weighted by molar-refractivity contribution is -0.132. The predicted molar refractivity (Wildman–Crippen MR) is 73.4 cm³/mol. The summed E-state index contributed by atoms with van der Waals surface area (Å²) in [4.78, 5) is 15.1. The van der Waals surface area contributed by atoms with Gasteiger partial charge in [0.2, 0.25) is 0 Å². The number of para-hydroxylation sites is 1. The molecule has 0 amide bonds. The monoisotopic (exact) mass is 257 g/mol. The first kappa shape index (κ1) is 13.1. The van der Waals surface area contributed by atoms with E-state index in [1.54, 1.807) is 0 Å². The van der Waals surface area contributed by atoms with Crippen molar-refractivity contribution in [3.05, 3.63) is 47.7 Å². The first-order chi connectivity index (χ1) is 9.08. The van der Waals surface area contributed by atoms with Gasteiger partial charge in [-0.05, 0) is 32.1 Å². The van der Waals surface area contributed by atoms with Gasteiger partial charge in [-0.15, -0.1) is 0 Å². The number of aryl methyl sites for hydroxylation is 1. The number of rotatable bonds is 4. The number of aliphatic carboxylic acids is 1. The number of fused-ring (bicyclic) bond motifs is 1. The van der Waals surface area contributed by atoms with Crippen LogP contribution in [0.25, 0.3) is 10.9 Å². The lowest BCUT2D eigenvalue weighted by atomic mass is 10.2. The summed E-state index contributed by atoms with van der Waals surface area (Å²) >= 11 is 0. The molecule has 2 aromatic rings. The van der Waals surface area contributed by atoms with Crippen molar-refractivity contribution in [1.82, 2.24) is 4.98 Å². The Labute approximate surface area is 111 Å². The van der Waals surface area contributed by atoms with Gasteiger partial charge in [-0.1, -0.05) is 18.2 Å². The van der Waals surface area contributed by atoms with Crippen molar-refractivity contribution < 1.29 is 14.6 Å². The quantitative estimate of drug-likeness (QED) is 0.855. The zero-order valence-corrected chi connectivity index (χ0v) is 10.9. The third-order valence-corrected chi connectivity index (χ3v) is 2.79. The maximum absolute atomic E-state index is 10.7. The Balaban J connectivity index is 2.23. The Morgan fingerprint density at radius 3 is 2.89 bits per heavy atom. The second-order valence-corrected chi connectivity index (χ2v) is 4.28. The number of hydrogen-bond donors (Lipinski definition) is 1. The summed E-state index contributed by atoms with van der Waals surface area (Å²) < 4.78 is 5.59. The fourth-order valence-electron chi connectivity index (χ4n) is 1.68. The van der Waals surface area contributed by atoms with E-state index in [0.29, 0.717) is 5.75 Å². The first-order valence-electron chi connectivity index (χ1n) is 5.97. The van der Waals surface area contributed by atoms with Crippen LogP contribution in [0.2, 0.25) is 0 Å². The summed E-state index contributed by atoms with van der Waals surface area (Å²) in [7, 11) is 0. The van der Waals surface area contributed by atoms with E-state index in [9.17, 15) is 4.79 Å². The van der Waals surface area contributed by atoms with Crippen LogP contribution in [0, 0.1) is 6.92 Å². The lowest BCUT2D eigenvalue weighted by Gasteiger charge is -2.07. The Morgan fingerprint density at radius 1 is 1.37 bits per heavy atom. The van der Waals surface area contributed by atoms with Crippen molar-refractivity contribution in [2.75, 3.05) is 6.61 Å². The number of carbonyl (C=O) groups is 1. The van der Waals surface area contributed by atoms with Crippen LogP contribution in [0.3, 0.4) is 0 Å². The minimum atomic E-state index is -0.935. The van der Waals surface area contributed by atoms with E-state index >= 15 is 0 Å². The van der Waals surface area contributed by atoms with E-state index in [1.807, 2.05) is 37.3 Å². The summed E-state index contributed by atoms with van der Waals surface area (Å²) in [5.74, 6) is -0.272. The summed E-state index contributed by atoms with van der Waals surface area (Å²) in [6.07, 6.45) is 1.54. The van der Waals surface area contributed by atoms with Crippen LogP contribution in [-0.2, 0) is 4.79 Å². The number of hydrogen-bond acceptors (Lipinski definition) is 3. The molecule has 1 heterocycles. The average molecular weight is 257 g/mol. The predicted octanol–water partition coefficient (Wildman–Crippen LogP) is 2.95. The van der Waals surface area contributed by atoms with Gasteiger partial charge in [0.05, 0.1) is 0 Å². The largest absolute Gasteiger partial charge is 0.487 e. The number of aromatic nitrogens is 1. The Morgan fingerprint density at radius 2 is 2.16 bits per heavy atom. The van der Waals surface area contributed by atoms with Gasteiger partial charge in [0.15, 0.2) is 0 Å². The van der Waals surface area contributed by atoms with Crippen LogP contribution in [0.4, 0.5) is 0 Å². The fraction of sp³-hybridized carbons (Fsp3) is 0.200. The second-order valence-electron chi connectivity index (χ2n) is 4.28. The number of ether oxygens (including phenoxy) is 1. The topological polar surface area (TPSA) is 59.4 Å². The molecule has 0 fully saturated rings. The Hall–Kier alpha value is -2.36. The van der Waals surface area contributed by atoms with Gasteiger partial charge in [-0.2, -0.15) is 0 Å². The van der Waals surface area contributed by atoms with Crippen molar-refractivity contribution >= 4 is 16.9 Å². The zero-order chi connectivity index (χ0) is 13.8. The molecule has 4 nitrogen and oxygen atoms in total. The van der Waals surface area contributed by atoms with Crippen LogP contribution in [0.15, 0.2) is 42.0 Å². The van der Waals surface area contributed by atoms with Gasteiger partial charge >= 0.3 is 5.97 Å². The van der Waals surface area contributed by atoms with Crippen LogP contribution in [0.1, 0.15) is 12.6 Å². The summed E-state index contributed by atoms with van der Waals surface area (Å²) in [5, 5.41) is 9.75. The van der Waals surface area contributed by atoms with Gasteiger partial charge in [0.25, 0.3) is 0 Å². The molecule has 0 aliphatic heterocycles. The molecule has 0 radical (unpaired) electrons. The fourth-order valence-corrected chi connectivity index (χ4v) is 1.68. The standard InChI is InChI=1S/C15H15NO3/c1-10(15(17)18)8-9-19-13-5-3-4-12-7-6-11(2)16-14(12)13/h3-8H,9H2,1-2H3,(H,17,18). The number of nitrogens with zero attached hydrogens (tertiary/aromatic N) is 1. The van der Waals surface area contributed by atoms with Crippen LogP contribution in [-0.4, -0.2) is 22.7 Å². The van der Waals surface area contributed by atoms with Gasteiger partial charge in [0, 0.05) is 16.7 Å². The van der Waals surface area contributed by atoms with E-state index in [1.165, 1.54) is 13.0 Å². The van der Waals surface area contributed by atoms with Gasteiger partial charge in [-0.25, -0.2) is 9.78 Å². The number of benzene rings is 1. The highest BCUT2D eigenvalue weighted by Crippen LogP contribution is 2.23. The van der Waals surface area contributed by atoms with Crippen LogP contribution >= 0.6 is 0 Å². The molecule has 1 aromatic carbocycles. The minimum absolute atomic E-state index is 0.215. The molecule has 0 saturated carbocycles. The molecule has 4 heteroatoms. The first-order valence-corrected chi connectivity index (χ1v) is 5.97. The van der Waals surface area contributed by atoms with Crippen molar-refractivity contribution in [3.8, 4) is 5.75 Å². The van der Waals surface area contributed by atoms with Crippen molar-refractivity contribution in [2.24, 2.45) is 0 Å². The average Bonchev–Trinajstić information content (AvgIpc) is 2.39. The van der Waals surface area contributed by atoms with Crippen molar-refractivity contribution in [3.63, 3.8) is 0 Å². The molecule has 0 unspecified atom stereocenters. The maximum atomic E-state index is 10.7. The van der Waals surface area contributed by atoms with E-state index in [0.717, 1.165) is 16.6 Å². The molecule has 0 aliphatic carbocycles. The lowest BCUT2D eigenvalue weighted by Crippen LogP contribution is -2.01. The molecule has 1 aromatic heterocycles. The van der Waals surface area contributed by atoms with Crippen LogP contribution < -0.4 is 4.74 Å². The zero-order valence-electron chi connectivity index (χ0n) is 10.9. The molecule has 2 rings (SSSR count). The molecule has 0 spiro atoms. The number of carboxylic acids is 1. The molecule has 19 heavy (non-hydrogen) atoms. The SMILES string of the molecule is CC(=CCOc1cccc2ccc(C)nc12)C(=O)O. The Kier molecular flexibility index (Phi) is 3.80. The van der Waals surface area contributed by atoms with E-state index in [-0.39, 0.29) is 12.2 Å². The highest BCUT2D eigenvalue weighted by molar-refractivity contribution is 5.86. The van der Waals surface area contributed by atoms with E-state index in [4.69, 9.17) is 9.84 Å². The highest BCUT2D eigenvalue weighted by atomic mass is 16.5. The van der Waals surface area contributed by atoms with Crippen molar-refractivity contribution in [2.45, 2.75) is 13.8 Å². The van der Waals surface area contributed by atoms with Gasteiger partial charge < -0.3 is 9.84 Å². The Bertz CT molecular complexity index is 647. The van der Waals surface area contributed by atoms with Gasteiger partial charge in [-0.3, -0.25) is 0 Å². The third kappa shape index (κ3) is 3.10. The van der Waals surface area contributed by atoms with E-state index < -0.39 is 5.97 Å². The second kappa shape index (κ2) is 5.52. The summed E-state index contributed by atoms with van der Waals surface area (Å²) in [5.41, 5.74) is 1.98. The smallest absolute Gasteiger partial charge is 0.331 e. The summed E-state index contributed by atoms with van der Waals surface area (Å²) in [6, 6.07) is 9.62. The molecule has 1 N–H and O–H groups in total.